The third kappa shape index (κ3) is 3.97. The number of amides is 1. The minimum absolute atomic E-state index is 0.145. The van der Waals surface area contributed by atoms with Crippen LogP contribution in [-0.2, 0) is 4.79 Å². The molecule has 5 nitrogen and oxygen atoms in total. The molecule has 0 atom stereocenters. The minimum Gasteiger partial charge on any atom is -0.422 e. The molecule has 0 spiro atoms. The molecule has 0 saturated heterocycles. The lowest BCUT2D eigenvalue weighted by molar-refractivity contribution is -0.122. The van der Waals surface area contributed by atoms with Crippen LogP contribution in [0.1, 0.15) is 13.8 Å². The SMILES string of the molecule is CC(C)C(=O)NC(=S)Nc1ccc(-c2cc3ccccc3oc2=O)cc1. The molecule has 0 saturated carbocycles. The molecule has 132 valence electrons. The largest absolute Gasteiger partial charge is 0.422 e. The van der Waals surface area contributed by atoms with Crippen LogP contribution in [0.2, 0.25) is 0 Å². The van der Waals surface area contributed by atoms with E-state index >= 15 is 0 Å². The Morgan fingerprint density at radius 3 is 2.46 bits per heavy atom. The highest BCUT2D eigenvalue weighted by molar-refractivity contribution is 7.80. The molecule has 3 rings (SSSR count). The predicted molar refractivity (Wildman–Crippen MR) is 107 cm³/mol. The quantitative estimate of drug-likeness (QED) is 0.543. The summed E-state index contributed by atoms with van der Waals surface area (Å²) in [5.41, 5.74) is 2.13. The molecule has 6 heteroatoms. The van der Waals surface area contributed by atoms with Crippen molar-refractivity contribution < 1.29 is 9.21 Å². The number of thiocarbonyl (C=S) groups is 1. The van der Waals surface area contributed by atoms with E-state index < -0.39 is 0 Å². The summed E-state index contributed by atoms with van der Waals surface area (Å²) in [5.74, 6) is -0.294. The fraction of sp³-hybridized carbons (Fsp3) is 0.150. The second-order valence-corrected chi connectivity index (χ2v) is 6.57. The summed E-state index contributed by atoms with van der Waals surface area (Å²) in [4.78, 5) is 23.9. The van der Waals surface area contributed by atoms with Gasteiger partial charge < -0.3 is 15.1 Å². The zero-order valence-electron chi connectivity index (χ0n) is 14.4. The maximum atomic E-state index is 12.2. The van der Waals surface area contributed by atoms with Gasteiger partial charge in [-0.15, -0.1) is 0 Å². The maximum Gasteiger partial charge on any atom is 0.344 e. The van der Waals surface area contributed by atoms with Crippen LogP contribution >= 0.6 is 12.2 Å². The Labute approximate surface area is 156 Å². The van der Waals surface area contributed by atoms with Crippen molar-refractivity contribution in [3.8, 4) is 11.1 Å². The molecule has 2 N–H and O–H groups in total. The molecule has 0 bridgehead atoms. The first-order chi connectivity index (χ1) is 12.4. The van der Waals surface area contributed by atoms with Gasteiger partial charge >= 0.3 is 5.63 Å². The molecule has 26 heavy (non-hydrogen) atoms. The number of para-hydroxylation sites is 1. The normalized spacial score (nSPS) is 10.7. The molecule has 2 aromatic carbocycles. The summed E-state index contributed by atoms with van der Waals surface area (Å²) in [6, 6.07) is 16.4. The highest BCUT2D eigenvalue weighted by atomic mass is 32.1. The molecule has 0 unspecified atom stereocenters. The number of carbonyl (C=O) groups excluding carboxylic acids is 1. The van der Waals surface area contributed by atoms with E-state index in [1.165, 1.54) is 0 Å². The molecule has 1 aromatic heterocycles. The zero-order valence-corrected chi connectivity index (χ0v) is 15.2. The average molecular weight is 366 g/mol. The van der Waals surface area contributed by atoms with Gasteiger partial charge in [-0.1, -0.05) is 44.2 Å². The molecule has 0 radical (unpaired) electrons. The van der Waals surface area contributed by atoms with Crippen LogP contribution in [-0.4, -0.2) is 11.0 Å². The molecular formula is C20H18N2O3S. The highest BCUT2D eigenvalue weighted by Gasteiger charge is 2.10. The van der Waals surface area contributed by atoms with Gasteiger partial charge in [0.2, 0.25) is 5.91 Å². The Bertz CT molecular complexity index is 1020. The maximum absolute atomic E-state index is 12.2. The van der Waals surface area contributed by atoms with Crippen molar-refractivity contribution >= 4 is 39.9 Å². The van der Waals surface area contributed by atoms with Crippen LogP contribution in [0.25, 0.3) is 22.1 Å². The van der Waals surface area contributed by atoms with Gasteiger partial charge in [0.25, 0.3) is 0 Å². The van der Waals surface area contributed by atoms with Crippen molar-refractivity contribution in [2.24, 2.45) is 5.92 Å². The topological polar surface area (TPSA) is 71.3 Å². The number of fused-ring (bicyclic) bond motifs is 1. The van der Waals surface area contributed by atoms with Crippen molar-refractivity contribution in [2.45, 2.75) is 13.8 Å². The standard InChI is InChI=1S/C20H18N2O3S/c1-12(2)18(23)22-20(26)21-15-9-7-13(8-10-15)16-11-14-5-3-4-6-17(14)25-19(16)24/h3-12H,1-2H3,(H2,21,22,23,26). The van der Waals surface area contributed by atoms with E-state index in [0.29, 0.717) is 16.8 Å². The Hall–Kier alpha value is -2.99. The second-order valence-electron chi connectivity index (χ2n) is 6.16. The van der Waals surface area contributed by atoms with Gasteiger partial charge in [-0.2, -0.15) is 0 Å². The first-order valence-electron chi connectivity index (χ1n) is 8.19. The Morgan fingerprint density at radius 2 is 1.77 bits per heavy atom. The third-order valence-electron chi connectivity index (χ3n) is 3.86. The lowest BCUT2D eigenvalue weighted by atomic mass is 10.1. The zero-order chi connectivity index (χ0) is 18.7. The molecule has 0 aliphatic heterocycles. The highest BCUT2D eigenvalue weighted by Crippen LogP contribution is 2.22. The van der Waals surface area contributed by atoms with Crippen LogP contribution in [0.3, 0.4) is 0 Å². The third-order valence-corrected chi connectivity index (χ3v) is 4.06. The van der Waals surface area contributed by atoms with Crippen LogP contribution in [0.4, 0.5) is 5.69 Å². The summed E-state index contributed by atoms with van der Waals surface area (Å²) in [7, 11) is 0. The molecule has 0 aliphatic carbocycles. The number of anilines is 1. The van der Waals surface area contributed by atoms with E-state index in [2.05, 4.69) is 10.6 Å². The van der Waals surface area contributed by atoms with E-state index in [1.807, 2.05) is 24.3 Å². The van der Waals surface area contributed by atoms with Gasteiger partial charge in [0.1, 0.15) is 5.58 Å². The second kappa shape index (κ2) is 7.49. The van der Waals surface area contributed by atoms with Gasteiger partial charge in [-0.25, -0.2) is 4.79 Å². The fourth-order valence-corrected chi connectivity index (χ4v) is 2.63. The number of rotatable bonds is 3. The van der Waals surface area contributed by atoms with Gasteiger partial charge in [0, 0.05) is 17.0 Å². The number of nitrogens with one attached hydrogen (secondary N) is 2. The molecular weight excluding hydrogens is 348 g/mol. The predicted octanol–water partition coefficient (Wildman–Crippen LogP) is 3.93. The van der Waals surface area contributed by atoms with E-state index in [-0.39, 0.29) is 22.6 Å². The smallest absolute Gasteiger partial charge is 0.344 e. The van der Waals surface area contributed by atoms with Crippen LogP contribution in [0.5, 0.6) is 0 Å². The van der Waals surface area contributed by atoms with Crippen molar-refractivity contribution in [1.82, 2.24) is 5.32 Å². The lowest BCUT2D eigenvalue weighted by Gasteiger charge is -2.11. The van der Waals surface area contributed by atoms with Gasteiger partial charge in [-0.3, -0.25) is 4.79 Å². The summed E-state index contributed by atoms with van der Waals surface area (Å²) < 4.78 is 5.37. The van der Waals surface area contributed by atoms with E-state index in [1.54, 1.807) is 44.2 Å². The molecule has 3 aromatic rings. The van der Waals surface area contributed by atoms with Gasteiger partial charge in [-0.05, 0) is 42.0 Å². The number of hydrogen-bond acceptors (Lipinski definition) is 4. The number of benzene rings is 2. The number of hydrogen-bond donors (Lipinski definition) is 2. The van der Waals surface area contributed by atoms with Crippen LogP contribution < -0.4 is 16.3 Å². The van der Waals surface area contributed by atoms with E-state index in [0.717, 1.165) is 10.9 Å². The lowest BCUT2D eigenvalue weighted by Crippen LogP contribution is -2.36. The fourth-order valence-electron chi connectivity index (χ4n) is 2.41. The van der Waals surface area contributed by atoms with Gasteiger partial charge in [0.15, 0.2) is 5.11 Å². The molecule has 0 aliphatic rings. The molecule has 0 fully saturated rings. The van der Waals surface area contributed by atoms with Gasteiger partial charge in [0.05, 0.1) is 5.56 Å². The Kier molecular flexibility index (Phi) is 5.14. The van der Waals surface area contributed by atoms with E-state index in [4.69, 9.17) is 16.6 Å². The van der Waals surface area contributed by atoms with Crippen molar-refractivity contribution in [1.29, 1.82) is 0 Å². The van der Waals surface area contributed by atoms with E-state index in [9.17, 15) is 9.59 Å². The Morgan fingerprint density at radius 1 is 1.08 bits per heavy atom. The summed E-state index contributed by atoms with van der Waals surface area (Å²) >= 11 is 5.12. The van der Waals surface area contributed by atoms with Crippen LogP contribution in [0, 0.1) is 5.92 Å². The first kappa shape index (κ1) is 17.8. The Balaban J connectivity index is 1.80. The average Bonchev–Trinajstić information content (AvgIpc) is 2.61. The summed E-state index contributed by atoms with van der Waals surface area (Å²) in [6.45, 7) is 3.59. The monoisotopic (exact) mass is 366 g/mol. The molecule has 1 amide bonds. The first-order valence-corrected chi connectivity index (χ1v) is 8.60. The summed E-state index contributed by atoms with van der Waals surface area (Å²) in [5, 5.41) is 6.67. The number of carbonyl (C=O) groups is 1. The molecule has 1 heterocycles. The van der Waals surface area contributed by atoms with Crippen LogP contribution in [0.15, 0.2) is 63.8 Å². The van der Waals surface area contributed by atoms with Crippen molar-refractivity contribution in [3.63, 3.8) is 0 Å². The minimum atomic E-state index is -0.385. The van der Waals surface area contributed by atoms with Crippen molar-refractivity contribution in [3.05, 3.63) is 65.0 Å². The summed E-state index contributed by atoms with van der Waals surface area (Å²) in [6.07, 6.45) is 0. The van der Waals surface area contributed by atoms with Crippen molar-refractivity contribution in [2.75, 3.05) is 5.32 Å².